The zero-order valence-electron chi connectivity index (χ0n) is 14.2. The number of hydrogen-bond donors (Lipinski definition) is 0. The first-order valence-electron chi connectivity index (χ1n) is 8.49. The van der Waals surface area contributed by atoms with E-state index < -0.39 is 21.3 Å². The van der Waals surface area contributed by atoms with Gasteiger partial charge in [0, 0.05) is 20.1 Å². The number of sulfonamides is 1. The summed E-state index contributed by atoms with van der Waals surface area (Å²) in [6.07, 6.45) is 5.17. The topological polar surface area (TPSA) is 49.9 Å². The van der Waals surface area contributed by atoms with Gasteiger partial charge in [0.2, 0.25) is 10.0 Å². The second-order valence-corrected chi connectivity index (χ2v) is 8.94. The van der Waals surface area contributed by atoms with E-state index in [1.807, 2.05) is 0 Å². The molecule has 0 bridgehead atoms. The molecule has 134 valence electrons. The Morgan fingerprint density at radius 3 is 2.42 bits per heavy atom. The van der Waals surface area contributed by atoms with Gasteiger partial charge >= 0.3 is 0 Å². The second-order valence-electron chi connectivity index (χ2n) is 6.73. The SMILES string of the molecule is CN1OCC(S(=O)(=O)N(C)C2CCCCC2)C1c1ccc(F)cc1. The molecule has 1 saturated heterocycles. The molecule has 1 heterocycles. The van der Waals surface area contributed by atoms with E-state index in [0.717, 1.165) is 31.2 Å². The minimum absolute atomic E-state index is 0.0727. The minimum atomic E-state index is -3.51. The highest BCUT2D eigenvalue weighted by molar-refractivity contribution is 7.89. The van der Waals surface area contributed by atoms with Gasteiger partial charge in [-0.1, -0.05) is 31.4 Å². The fourth-order valence-electron chi connectivity index (χ4n) is 3.80. The fourth-order valence-corrected chi connectivity index (χ4v) is 5.74. The van der Waals surface area contributed by atoms with Crippen molar-refractivity contribution in [3.8, 4) is 0 Å². The smallest absolute Gasteiger partial charge is 0.221 e. The molecular weight excluding hydrogens is 331 g/mol. The van der Waals surface area contributed by atoms with Gasteiger partial charge in [0.05, 0.1) is 12.6 Å². The molecule has 1 aromatic carbocycles. The van der Waals surface area contributed by atoms with Crippen LogP contribution in [0.5, 0.6) is 0 Å². The van der Waals surface area contributed by atoms with Gasteiger partial charge in [0.25, 0.3) is 0 Å². The lowest BCUT2D eigenvalue weighted by atomic mass is 9.96. The molecule has 3 rings (SSSR count). The maximum absolute atomic E-state index is 13.2. The standard InChI is InChI=1S/C17H25FN2O3S/c1-19-17(13-8-10-14(18)11-9-13)16(12-23-19)24(21,22)20(2)15-6-4-3-5-7-15/h8-11,15-17H,3-7,12H2,1-2H3. The summed E-state index contributed by atoms with van der Waals surface area (Å²) in [4.78, 5) is 5.52. The molecule has 7 heteroatoms. The van der Waals surface area contributed by atoms with Crippen LogP contribution in [0.2, 0.25) is 0 Å². The average Bonchev–Trinajstić information content (AvgIpc) is 2.98. The van der Waals surface area contributed by atoms with Crippen molar-refractivity contribution >= 4 is 10.0 Å². The second kappa shape index (κ2) is 7.07. The fraction of sp³-hybridized carbons (Fsp3) is 0.647. The van der Waals surface area contributed by atoms with E-state index in [0.29, 0.717) is 0 Å². The van der Waals surface area contributed by atoms with Crippen LogP contribution in [-0.2, 0) is 14.9 Å². The van der Waals surface area contributed by atoms with E-state index in [4.69, 9.17) is 4.84 Å². The third-order valence-electron chi connectivity index (χ3n) is 5.27. The predicted molar refractivity (Wildman–Crippen MR) is 90.2 cm³/mol. The molecule has 1 aromatic rings. The van der Waals surface area contributed by atoms with E-state index in [1.54, 1.807) is 35.6 Å². The van der Waals surface area contributed by atoms with Gasteiger partial charge in [-0.05, 0) is 30.5 Å². The van der Waals surface area contributed by atoms with Gasteiger partial charge in [-0.3, -0.25) is 4.84 Å². The number of hydroxylamine groups is 2. The van der Waals surface area contributed by atoms with Gasteiger partial charge in [-0.25, -0.2) is 17.1 Å². The Morgan fingerprint density at radius 2 is 1.79 bits per heavy atom. The van der Waals surface area contributed by atoms with Crippen molar-refractivity contribution in [1.29, 1.82) is 0 Å². The van der Waals surface area contributed by atoms with Crippen molar-refractivity contribution in [3.05, 3.63) is 35.6 Å². The lowest BCUT2D eigenvalue weighted by Crippen LogP contribution is -2.45. The summed E-state index contributed by atoms with van der Waals surface area (Å²) in [5.41, 5.74) is 0.752. The zero-order valence-corrected chi connectivity index (χ0v) is 15.0. The van der Waals surface area contributed by atoms with Crippen molar-refractivity contribution in [1.82, 2.24) is 9.37 Å². The lowest BCUT2D eigenvalue weighted by molar-refractivity contribution is -0.110. The monoisotopic (exact) mass is 356 g/mol. The Bertz CT molecular complexity index is 659. The summed E-state index contributed by atoms with van der Waals surface area (Å²) in [5, 5.41) is 0.893. The van der Waals surface area contributed by atoms with Crippen LogP contribution in [0.1, 0.15) is 43.7 Å². The number of hydrogen-bond acceptors (Lipinski definition) is 4. The van der Waals surface area contributed by atoms with Crippen LogP contribution < -0.4 is 0 Å². The van der Waals surface area contributed by atoms with E-state index in [9.17, 15) is 12.8 Å². The molecule has 1 aliphatic heterocycles. The van der Waals surface area contributed by atoms with Crippen LogP contribution in [0.15, 0.2) is 24.3 Å². The highest BCUT2D eigenvalue weighted by Gasteiger charge is 2.46. The van der Waals surface area contributed by atoms with E-state index in [2.05, 4.69) is 0 Å². The summed E-state index contributed by atoms with van der Waals surface area (Å²) in [6, 6.07) is 5.62. The molecule has 2 unspecified atom stereocenters. The molecule has 2 aliphatic rings. The Balaban J connectivity index is 1.86. The lowest BCUT2D eigenvalue weighted by Gasteiger charge is -2.33. The van der Waals surface area contributed by atoms with Gasteiger partial charge in [0.15, 0.2) is 0 Å². The van der Waals surface area contributed by atoms with Crippen molar-refractivity contribution in [3.63, 3.8) is 0 Å². The van der Waals surface area contributed by atoms with Crippen molar-refractivity contribution < 1.29 is 17.6 Å². The van der Waals surface area contributed by atoms with Crippen LogP contribution in [0.4, 0.5) is 4.39 Å². The molecular formula is C17H25FN2O3S. The van der Waals surface area contributed by atoms with Crippen LogP contribution in [0, 0.1) is 5.82 Å². The molecule has 0 radical (unpaired) electrons. The molecule has 5 nitrogen and oxygen atoms in total. The van der Waals surface area contributed by atoms with E-state index in [-0.39, 0.29) is 18.5 Å². The molecule has 2 fully saturated rings. The first-order valence-corrected chi connectivity index (χ1v) is 9.99. The molecule has 0 aromatic heterocycles. The Labute approximate surface area is 143 Å². The molecule has 0 N–H and O–H groups in total. The third kappa shape index (κ3) is 3.35. The van der Waals surface area contributed by atoms with Gasteiger partial charge in [-0.2, -0.15) is 5.06 Å². The van der Waals surface area contributed by atoms with Crippen molar-refractivity contribution in [2.45, 2.75) is 49.4 Å². The predicted octanol–water partition coefficient (Wildman–Crippen LogP) is 2.71. The Morgan fingerprint density at radius 1 is 1.17 bits per heavy atom. The van der Waals surface area contributed by atoms with Crippen LogP contribution in [-0.4, -0.2) is 49.8 Å². The summed E-state index contributed by atoms with van der Waals surface area (Å²) >= 11 is 0. The first-order chi connectivity index (χ1) is 11.4. The highest BCUT2D eigenvalue weighted by Crippen LogP contribution is 2.36. The van der Waals surface area contributed by atoms with E-state index >= 15 is 0 Å². The summed E-state index contributed by atoms with van der Waals surface area (Å²) in [6.45, 7) is 0.123. The zero-order chi connectivity index (χ0) is 17.3. The third-order valence-corrected chi connectivity index (χ3v) is 7.53. The molecule has 1 saturated carbocycles. The molecule has 24 heavy (non-hydrogen) atoms. The maximum Gasteiger partial charge on any atom is 0.221 e. The number of rotatable bonds is 4. The Kier molecular flexibility index (Phi) is 5.24. The summed E-state index contributed by atoms with van der Waals surface area (Å²) in [5.74, 6) is -0.334. The molecule has 0 amide bonds. The molecule has 0 spiro atoms. The number of nitrogens with zero attached hydrogens (tertiary/aromatic N) is 2. The van der Waals surface area contributed by atoms with Crippen LogP contribution >= 0.6 is 0 Å². The first kappa shape index (κ1) is 17.8. The van der Waals surface area contributed by atoms with E-state index in [1.165, 1.54) is 18.6 Å². The van der Waals surface area contributed by atoms with Gasteiger partial charge in [0.1, 0.15) is 11.1 Å². The maximum atomic E-state index is 13.2. The van der Waals surface area contributed by atoms with Gasteiger partial charge < -0.3 is 0 Å². The largest absolute Gasteiger partial charge is 0.297 e. The minimum Gasteiger partial charge on any atom is -0.297 e. The normalized spacial score (nSPS) is 27.0. The average molecular weight is 356 g/mol. The quantitative estimate of drug-likeness (QED) is 0.832. The van der Waals surface area contributed by atoms with Crippen molar-refractivity contribution in [2.75, 3.05) is 20.7 Å². The summed E-state index contributed by atoms with van der Waals surface area (Å²) < 4.78 is 41.1. The number of benzene rings is 1. The summed E-state index contributed by atoms with van der Waals surface area (Å²) in [7, 11) is -0.0936. The van der Waals surface area contributed by atoms with Crippen LogP contribution in [0.25, 0.3) is 0 Å². The van der Waals surface area contributed by atoms with Crippen LogP contribution in [0.3, 0.4) is 0 Å². The Hall–Kier alpha value is -1.02. The molecule has 2 atom stereocenters. The highest BCUT2D eigenvalue weighted by atomic mass is 32.2. The van der Waals surface area contributed by atoms with Crippen molar-refractivity contribution in [2.24, 2.45) is 0 Å². The number of halogens is 1. The molecule has 1 aliphatic carbocycles. The van der Waals surface area contributed by atoms with Gasteiger partial charge in [-0.15, -0.1) is 0 Å².